The van der Waals surface area contributed by atoms with Crippen LogP contribution in [0.5, 0.6) is 0 Å². The second-order valence-corrected chi connectivity index (χ2v) is 13.1. The fourth-order valence-electron chi connectivity index (χ4n) is 7.89. The molecule has 8 aromatic carbocycles. The maximum Gasteiger partial charge on any atom is 0.227 e. The van der Waals surface area contributed by atoms with Crippen LogP contribution in [0, 0.1) is 0 Å². The summed E-state index contributed by atoms with van der Waals surface area (Å²) in [6.07, 6.45) is 0. The Morgan fingerprint density at radius 2 is 1.08 bits per heavy atom. The third-order valence-corrected chi connectivity index (χ3v) is 10.2. The molecule has 4 nitrogen and oxygen atoms in total. The molecule has 0 aliphatic carbocycles. The van der Waals surface area contributed by atoms with Crippen LogP contribution in [0.3, 0.4) is 0 Å². The predicted molar refractivity (Wildman–Crippen MR) is 209 cm³/mol. The number of aromatic nitrogens is 2. The second-order valence-electron chi connectivity index (χ2n) is 13.1. The highest BCUT2D eigenvalue weighted by molar-refractivity contribution is 6.22. The van der Waals surface area contributed by atoms with Crippen LogP contribution in [0.4, 0.5) is 0 Å². The van der Waals surface area contributed by atoms with Gasteiger partial charge in [0.2, 0.25) is 5.89 Å². The van der Waals surface area contributed by atoms with Gasteiger partial charge in [-0.25, -0.2) is 4.98 Å². The predicted octanol–water partition coefficient (Wildman–Crippen LogP) is 13.0. The Bertz CT molecular complexity index is 3110. The van der Waals surface area contributed by atoms with Gasteiger partial charge in [-0.05, 0) is 88.3 Å². The molecule has 0 bridgehead atoms. The molecule has 0 unspecified atom stereocenters. The molecule has 11 rings (SSSR count). The summed E-state index contributed by atoms with van der Waals surface area (Å²) in [6.45, 7) is 0. The maximum atomic E-state index is 6.36. The smallest absolute Gasteiger partial charge is 0.227 e. The summed E-state index contributed by atoms with van der Waals surface area (Å²) in [5, 5.41) is 6.90. The first-order valence-electron chi connectivity index (χ1n) is 17.2. The van der Waals surface area contributed by atoms with Crippen LogP contribution in [-0.4, -0.2) is 9.55 Å². The zero-order valence-electron chi connectivity index (χ0n) is 27.4. The quantitative estimate of drug-likeness (QED) is 0.190. The van der Waals surface area contributed by atoms with Crippen molar-refractivity contribution in [1.82, 2.24) is 9.55 Å². The summed E-state index contributed by atoms with van der Waals surface area (Å²) in [4.78, 5) is 5.01. The highest BCUT2D eigenvalue weighted by atomic mass is 16.4. The van der Waals surface area contributed by atoms with Crippen molar-refractivity contribution in [1.29, 1.82) is 0 Å². The molecule has 0 aliphatic heterocycles. The highest BCUT2D eigenvalue weighted by Crippen LogP contribution is 2.43. The summed E-state index contributed by atoms with van der Waals surface area (Å²) >= 11 is 0. The summed E-state index contributed by atoms with van der Waals surface area (Å²) in [5.41, 5.74) is 12.4. The van der Waals surface area contributed by atoms with E-state index in [0.717, 1.165) is 49.8 Å². The number of fused-ring (bicyclic) bond motifs is 10. The molecule has 51 heavy (non-hydrogen) atoms. The average Bonchev–Trinajstić information content (AvgIpc) is 3.90. The van der Waals surface area contributed by atoms with Gasteiger partial charge < -0.3 is 13.4 Å². The molecule has 0 spiro atoms. The largest absolute Gasteiger partial charge is 0.456 e. The molecule has 0 fully saturated rings. The third kappa shape index (κ3) is 4.23. The topological polar surface area (TPSA) is 44.1 Å². The SMILES string of the molecule is c1ccc(-c2ccc3c(c2)c2cc(-c4ccccc4)c4ccccc4c2n3-c2ccc(-c3nc4c(ccc5oc6ccccc6c54)o3)cc2)cc1. The average molecular weight is 653 g/mol. The van der Waals surface area contributed by atoms with Gasteiger partial charge in [0.05, 0.1) is 16.4 Å². The number of hydrogen-bond acceptors (Lipinski definition) is 3. The van der Waals surface area contributed by atoms with Gasteiger partial charge in [0.15, 0.2) is 5.58 Å². The Morgan fingerprint density at radius 3 is 1.88 bits per heavy atom. The fraction of sp³-hybridized carbons (Fsp3) is 0. The van der Waals surface area contributed by atoms with Gasteiger partial charge >= 0.3 is 0 Å². The van der Waals surface area contributed by atoms with Crippen molar-refractivity contribution in [2.75, 3.05) is 0 Å². The molecule has 3 aromatic heterocycles. The first kappa shape index (κ1) is 28.0. The maximum absolute atomic E-state index is 6.36. The molecule has 3 heterocycles. The Morgan fingerprint density at radius 1 is 0.412 bits per heavy atom. The third-order valence-electron chi connectivity index (χ3n) is 10.2. The van der Waals surface area contributed by atoms with E-state index in [2.05, 4.69) is 144 Å². The molecule has 0 N–H and O–H groups in total. The lowest BCUT2D eigenvalue weighted by atomic mass is 9.94. The van der Waals surface area contributed by atoms with Crippen LogP contribution in [0.1, 0.15) is 0 Å². The Labute approximate surface area is 292 Å². The number of benzene rings is 8. The number of furan rings is 1. The minimum atomic E-state index is 0.585. The number of para-hydroxylation sites is 1. The zero-order valence-corrected chi connectivity index (χ0v) is 27.4. The fourth-order valence-corrected chi connectivity index (χ4v) is 7.89. The van der Waals surface area contributed by atoms with Gasteiger partial charge in [-0.15, -0.1) is 0 Å². The standard InChI is InChI=1S/C47H28N2O2/c1-3-11-29(12-4-1)32-21-24-40-38(27-32)39-28-37(30-13-5-2-6-14-30)34-15-7-8-16-35(34)46(39)49(40)33-22-19-31(20-23-33)47-48-45-43(51-47)26-25-42-44(45)36-17-9-10-18-41(36)50-42/h1-28H. The van der Waals surface area contributed by atoms with Crippen molar-refractivity contribution in [2.45, 2.75) is 0 Å². The second kappa shape index (κ2) is 10.8. The van der Waals surface area contributed by atoms with E-state index in [-0.39, 0.29) is 0 Å². The van der Waals surface area contributed by atoms with Crippen LogP contribution in [0.15, 0.2) is 179 Å². The van der Waals surface area contributed by atoms with E-state index in [0.29, 0.717) is 5.89 Å². The van der Waals surface area contributed by atoms with Crippen molar-refractivity contribution >= 4 is 65.6 Å². The Hall–Kier alpha value is -6.91. The molecule has 4 heteroatoms. The molecule has 0 atom stereocenters. The lowest BCUT2D eigenvalue weighted by molar-refractivity contribution is 0.619. The van der Waals surface area contributed by atoms with Gasteiger partial charge in [0.25, 0.3) is 0 Å². The number of hydrogen-bond donors (Lipinski definition) is 0. The van der Waals surface area contributed by atoms with Crippen molar-refractivity contribution in [2.24, 2.45) is 0 Å². The van der Waals surface area contributed by atoms with E-state index in [4.69, 9.17) is 13.8 Å². The summed E-state index contributed by atoms with van der Waals surface area (Å²) in [6, 6.07) is 59.9. The zero-order chi connectivity index (χ0) is 33.5. The number of nitrogens with zero attached hydrogens (tertiary/aromatic N) is 2. The van der Waals surface area contributed by atoms with E-state index >= 15 is 0 Å². The van der Waals surface area contributed by atoms with E-state index in [1.807, 2.05) is 30.3 Å². The molecule has 0 radical (unpaired) electrons. The minimum absolute atomic E-state index is 0.585. The minimum Gasteiger partial charge on any atom is -0.456 e. The van der Waals surface area contributed by atoms with Gasteiger partial charge in [0, 0.05) is 32.8 Å². The van der Waals surface area contributed by atoms with Crippen LogP contribution >= 0.6 is 0 Å². The monoisotopic (exact) mass is 652 g/mol. The molecule has 0 aliphatic rings. The molecule has 0 amide bonds. The van der Waals surface area contributed by atoms with Gasteiger partial charge in [0.1, 0.15) is 16.7 Å². The van der Waals surface area contributed by atoms with Crippen LogP contribution in [-0.2, 0) is 0 Å². The van der Waals surface area contributed by atoms with Crippen molar-refractivity contribution in [3.8, 4) is 39.4 Å². The van der Waals surface area contributed by atoms with E-state index in [1.54, 1.807) is 0 Å². The van der Waals surface area contributed by atoms with Gasteiger partial charge in [-0.3, -0.25) is 0 Å². The molecule has 0 saturated heterocycles. The van der Waals surface area contributed by atoms with Crippen molar-refractivity contribution in [3.63, 3.8) is 0 Å². The summed E-state index contributed by atoms with van der Waals surface area (Å²) < 4.78 is 14.9. The van der Waals surface area contributed by atoms with Crippen LogP contribution < -0.4 is 0 Å². The summed E-state index contributed by atoms with van der Waals surface area (Å²) in [5.74, 6) is 0.585. The first-order chi connectivity index (χ1) is 25.3. The van der Waals surface area contributed by atoms with Gasteiger partial charge in [-0.1, -0.05) is 109 Å². The normalized spacial score (nSPS) is 11.9. The Balaban J connectivity index is 1.13. The number of oxazole rings is 1. The van der Waals surface area contributed by atoms with E-state index in [1.165, 1.54) is 49.3 Å². The number of rotatable bonds is 4. The lowest BCUT2D eigenvalue weighted by Crippen LogP contribution is -1.95. The lowest BCUT2D eigenvalue weighted by Gasteiger charge is -2.13. The van der Waals surface area contributed by atoms with E-state index in [9.17, 15) is 0 Å². The molecular formula is C47H28N2O2. The van der Waals surface area contributed by atoms with Crippen LogP contribution in [0.25, 0.3) is 105 Å². The molecule has 11 aromatic rings. The molecule has 0 saturated carbocycles. The van der Waals surface area contributed by atoms with Crippen molar-refractivity contribution in [3.05, 3.63) is 170 Å². The first-order valence-corrected chi connectivity index (χ1v) is 17.2. The molecular weight excluding hydrogens is 625 g/mol. The molecule has 238 valence electrons. The van der Waals surface area contributed by atoms with E-state index < -0.39 is 0 Å². The highest BCUT2D eigenvalue weighted by Gasteiger charge is 2.20. The van der Waals surface area contributed by atoms with Gasteiger partial charge in [-0.2, -0.15) is 0 Å². The summed E-state index contributed by atoms with van der Waals surface area (Å²) in [7, 11) is 0. The van der Waals surface area contributed by atoms with Crippen molar-refractivity contribution < 1.29 is 8.83 Å². The Kier molecular flexibility index (Phi) is 5.92. The van der Waals surface area contributed by atoms with Crippen LogP contribution in [0.2, 0.25) is 0 Å².